The molecule has 1 fully saturated rings. The van der Waals surface area contributed by atoms with E-state index in [9.17, 15) is 4.79 Å². The summed E-state index contributed by atoms with van der Waals surface area (Å²) in [6.45, 7) is 2.52. The molecule has 5 nitrogen and oxygen atoms in total. The van der Waals surface area contributed by atoms with Crippen molar-refractivity contribution in [3.05, 3.63) is 52.0 Å². The highest BCUT2D eigenvalue weighted by Gasteiger charge is 2.31. The lowest BCUT2D eigenvalue weighted by Crippen LogP contribution is -2.37. The minimum absolute atomic E-state index is 0.0390. The molecule has 0 saturated carbocycles. The lowest BCUT2D eigenvalue weighted by molar-refractivity contribution is 0.0820. The van der Waals surface area contributed by atoms with Crippen molar-refractivity contribution < 1.29 is 9.53 Å². The number of pyridine rings is 1. The highest BCUT2D eigenvalue weighted by molar-refractivity contribution is 9.10. The molecular formula is C15H16BrN3O2. The first kappa shape index (κ1) is 14.3. The average molecular weight is 350 g/mol. The van der Waals surface area contributed by atoms with Crippen LogP contribution in [-0.2, 0) is 4.74 Å². The van der Waals surface area contributed by atoms with Crippen LogP contribution in [0, 0.1) is 6.92 Å². The Bertz CT molecular complexity index is 656. The van der Waals surface area contributed by atoms with Gasteiger partial charge in [0.05, 0.1) is 11.6 Å². The van der Waals surface area contributed by atoms with Crippen molar-refractivity contribution in [3.63, 3.8) is 0 Å². The topological polar surface area (TPSA) is 67.0 Å². The molecule has 1 aliphatic rings. The molecule has 3 rings (SSSR count). The van der Waals surface area contributed by atoms with Gasteiger partial charge < -0.3 is 15.0 Å². The third-order valence-corrected chi connectivity index (χ3v) is 4.09. The van der Waals surface area contributed by atoms with Gasteiger partial charge in [0, 0.05) is 40.9 Å². The Hall–Kier alpha value is -1.66. The zero-order valence-electron chi connectivity index (χ0n) is 11.6. The monoisotopic (exact) mass is 349 g/mol. The molecule has 2 atom stereocenters. The summed E-state index contributed by atoms with van der Waals surface area (Å²) in [6.07, 6.45) is 5.92. The highest BCUT2D eigenvalue weighted by Crippen LogP contribution is 2.30. The van der Waals surface area contributed by atoms with Gasteiger partial charge in [-0.25, -0.2) is 0 Å². The Labute approximate surface area is 131 Å². The second-order valence-corrected chi connectivity index (χ2v) is 6.03. The van der Waals surface area contributed by atoms with Gasteiger partial charge in [0.15, 0.2) is 0 Å². The van der Waals surface area contributed by atoms with Crippen molar-refractivity contribution in [2.75, 3.05) is 6.61 Å². The standard InChI is InChI=1S/C15H16BrN3O2/c1-9-12(2-4-18-9)15(20)19-13-3-5-21-14(13)10-6-11(16)8-17-7-10/h2,4,6-8,13-14,18H,3,5H2,1H3,(H,19,20)/t13-,14+/m0/s1. The van der Waals surface area contributed by atoms with E-state index in [1.165, 1.54) is 0 Å². The lowest BCUT2D eigenvalue weighted by atomic mass is 10.0. The number of aryl methyl sites for hydroxylation is 1. The summed E-state index contributed by atoms with van der Waals surface area (Å²) in [5.74, 6) is -0.0720. The van der Waals surface area contributed by atoms with Crippen molar-refractivity contribution in [2.24, 2.45) is 0 Å². The zero-order chi connectivity index (χ0) is 14.8. The molecular weight excluding hydrogens is 334 g/mol. The largest absolute Gasteiger partial charge is 0.371 e. The number of carbonyl (C=O) groups excluding carboxylic acids is 1. The molecule has 6 heteroatoms. The summed E-state index contributed by atoms with van der Waals surface area (Å²) in [5, 5.41) is 3.06. The van der Waals surface area contributed by atoms with Crippen LogP contribution in [0.3, 0.4) is 0 Å². The Kier molecular flexibility index (Phi) is 4.07. The first-order chi connectivity index (χ1) is 10.1. The van der Waals surface area contributed by atoms with Gasteiger partial charge in [0.2, 0.25) is 0 Å². The first-order valence-electron chi connectivity index (χ1n) is 6.82. The number of hydrogen-bond donors (Lipinski definition) is 2. The number of nitrogens with zero attached hydrogens (tertiary/aromatic N) is 1. The molecule has 21 heavy (non-hydrogen) atoms. The molecule has 2 aromatic heterocycles. The van der Waals surface area contributed by atoms with Crippen LogP contribution in [0.1, 0.15) is 34.1 Å². The molecule has 0 aliphatic carbocycles. The van der Waals surface area contributed by atoms with Crippen LogP contribution >= 0.6 is 15.9 Å². The van der Waals surface area contributed by atoms with Crippen LogP contribution < -0.4 is 5.32 Å². The van der Waals surface area contributed by atoms with Crippen molar-refractivity contribution in [2.45, 2.75) is 25.5 Å². The van der Waals surface area contributed by atoms with E-state index in [-0.39, 0.29) is 18.1 Å². The maximum atomic E-state index is 12.3. The second kappa shape index (κ2) is 5.99. The van der Waals surface area contributed by atoms with Crippen molar-refractivity contribution in [1.82, 2.24) is 15.3 Å². The van der Waals surface area contributed by atoms with E-state index < -0.39 is 0 Å². The number of carbonyl (C=O) groups is 1. The number of amides is 1. The number of rotatable bonds is 3. The van der Waals surface area contributed by atoms with Gasteiger partial charge in [0.1, 0.15) is 6.10 Å². The summed E-state index contributed by atoms with van der Waals surface area (Å²) in [6, 6.07) is 3.72. The van der Waals surface area contributed by atoms with Gasteiger partial charge in [-0.15, -0.1) is 0 Å². The molecule has 0 spiro atoms. The Morgan fingerprint density at radius 2 is 2.38 bits per heavy atom. The third kappa shape index (κ3) is 3.01. The molecule has 110 valence electrons. The van der Waals surface area contributed by atoms with Crippen LogP contribution in [0.15, 0.2) is 35.2 Å². The van der Waals surface area contributed by atoms with E-state index in [1.807, 2.05) is 13.0 Å². The van der Waals surface area contributed by atoms with Crippen LogP contribution in [-0.4, -0.2) is 28.5 Å². The van der Waals surface area contributed by atoms with Crippen LogP contribution in [0.2, 0.25) is 0 Å². The Morgan fingerprint density at radius 1 is 1.52 bits per heavy atom. The Balaban J connectivity index is 1.76. The van der Waals surface area contributed by atoms with E-state index in [4.69, 9.17) is 4.74 Å². The highest BCUT2D eigenvalue weighted by atomic mass is 79.9. The second-order valence-electron chi connectivity index (χ2n) is 5.11. The molecule has 0 radical (unpaired) electrons. The van der Waals surface area contributed by atoms with Gasteiger partial charge in [-0.05, 0) is 41.4 Å². The molecule has 1 aliphatic heterocycles. The number of aromatic amines is 1. The van der Waals surface area contributed by atoms with Gasteiger partial charge in [0.25, 0.3) is 5.91 Å². The molecule has 2 N–H and O–H groups in total. The lowest BCUT2D eigenvalue weighted by Gasteiger charge is -2.20. The quantitative estimate of drug-likeness (QED) is 0.895. The molecule has 1 amide bonds. The fraction of sp³-hybridized carbons (Fsp3) is 0.333. The number of ether oxygens (including phenoxy) is 1. The zero-order valence-corrected chi connectivity index (χ0v) is 13.2. The maximum absolute atomic E-state index is 12.3. The molecule has 1 saturated heterocycles. The summed E-state index contributed by atoms with van der Waals surface area (Å²) >= 11 is 3.41. The molecule has 2 aromatic rings. The summed E-state index contributed by atoms with van der Waals surface area (Å²) in [7, 11) is 0. The van der Waals surface area contributed by atoms with E-state index in [2.05, 4.69) is 31.2 Å². The molecule has 3 heterocycles. The number of halogens is 1. The first-order valence-corrected chi connectivity index (χ1v) is 7.61. The third-order valence-electron chi connectivity index (χ3n) is 3.66. The number of aromatic nitrogens is 2. The summed E-state index contributed by atoms with van der Waals surface area (Å²) in [4.78, 5) is 19.5. The SMILES string of the molecule is Cc1[nH]ccc1C(=O)N[C@H]1CCO[C@@H]1c1cncc(Br)c1. The van der Waals surface area contributed by atoms with E-state index in [0.29, 0.717) is 12.2 Å². The maximum Gasteiger partial charge on any atom is 0.253 e. The van der Waals surface area contributed by atoms with E-state index in [0.717, 1.165) is 22.2 Å². The van der Waals surface area contributed by atoms with Crippen molar-refractivity contribution in [1.29, 1.82) is 0 Å². The number of nitrogens with one attached hydrogen (secondary N) is 2. The van der Waals surface area contributed by atoms with Crippen LogP contribution in [0.25, 0.3) is 0 Å². The van der Waals surface area contributed by atoms with Crippen molar-refractivity contribution in [3.8, 4) is 0 Å². The van der Waals surface area contributed by atoms with Gasteiger partial charge >= 0.3 is 0 Å². The van der Waals surface area contributed by atoms with E-state index in [1.54, 1.807) is 24.7 Å². The summed E-state index contributed by atoms with van der Waals surface area (Å²) < 4.78 is 6.68. The average Bonchev–Trinajstić information content (AvgIpc) is 3.07. The fourth-order valence-electron chi connectivity index (χ4n) is 2.59. The Morgan fingerprint density at radius 3 is 3.10 bits per heavy atom. The normalized spacial score (nSPS) is 21.4. The number of H-pyrrole nitrogens is 1. The van der Waals surface area contributed by atoms with Crippen LogP contribution in [0.4, 0.5) is 0 Å². The minimum Gasteiger partial charge on any atom is -0.371 e. The summed E-state index contributed by atoms with van der Waals surface area (Å²) in [5.41, 5.74) is 2.51. The predicted molar refractivity (Wildman–Crippen MR) is 82.0 cm³/mol. The molecule has 0 aromatic carbocycles. The van der Waals surface area contributed by atoms with Gasteiger partial charge in [-0.1, -0.05) is 0 Å². The fourth-order valence-corrected chi connectivity index (χ4v) is 2.98. The predicted octanol–water partition coefficient (Wildman–Crippen LogP) is 2.74. The number of hydrogen-bond acceptors (Lipinski definition) is 3. The van der Waals surface area contributed by atoms with Crippen molar-refractivity contribution >= 4 is 21.8 Å². The van der Waals surface area contributed by atoms with Gasteiger partial charge in [-0.3, -0.25) is 9.78 Å². The van der Waals surface area contributed by atoms with Gasteiger partial charge in [-0.2, -0.15) is 0 Å². The van der Waals surface area contributed by atoms with Crippen LogP contribution in [0.5, 0.6) is 0 Å². The molecule has 0 bridgehead atoms. The minimum atomic E-state index is -0.154. The molecule has 0 unspecified atom stereocenters. The van der Waals surface area contributed by atoms with E-state index >= 15 is 0 Å². The smallest absolute Gasteiger partial charge is 0.253 e.